The number of carbonyl (C=O) groups is 1. The summed E-state index contributed by atoms with van der Waals surface area (Å²) in [6, 6.07) is 10.9. The fourth-order valence-electron chi connectivity index (χ4n) is 2.61. The number of rotatable bonds is 8. The predicted molar refractivity (Wildman–Crippen MR) is 112 cm³/mol. The average Bonchev–Trinajstić information content (AvgIpc) is 3.20. The van der Waals surface area contributed by atoms with Crippen molar-refractivity contribution in [2.24, 2.45) is 0 Å². The van der Waals surface area contributed by atoms with Crippen molar-refractivity contribution in [1.82, 2.24) is 15.2 Å². The Balaban J connectivity index is 1.65. The molecule has 158 valence electrons. The summed E-state index contributed by atoms with van der Waals surface area (Å²) in [7, 11) is -0.557. The van der Waals surface area contributed by atoms with Gasteiger partial charge in [-0.25, -0.2) is 8.42 Å². The number of H-pyrrole nitrogens is 1. The highest BCUT2D eigenvalue weighted by atomic mass is 35.5. The van der Waals surface area contributed by atoms with E-state index < -0.39 is 15.7 Å². The van der Waals surface area contributed by atoms with Crippen molar-refractivity contribution in [2.45, 2.75) is 11.3 Å². The van der Waals surface area contributed by atoms with Crippen molar-refractivity contribution in [1.29, 1.82) is 0 Å². The molecule has 0 atom stereocenters. The number of sulfone groups is 1. The van der Waals surface area contributed by atoms with Gasteiger partial charge in [-0.1, -0.05) is 11.6 Å². The third-order valence-electron chi connectivity index (χ3n) is 4.17. The molecule has 2 N–H and O–H groups in total. The van der Waals surface area contributed by atoms with Gasteiger partial charge in [-0.3, -0.25) is 15.2 Å². The van der Waals surface area contributed by atoms with E-state index in [2.05, 4.69) is 20.5 Å². The molecule has 0 bridgehead atoms. The molecule has 3 aromatic rings. The first-order chi connectivity index (χ1) is 14.3. The van der Waals surface area contributed by atoms with Crippen LogP contribution in [0.1, 0.15) is 6.42 Å². The van der Waals surface area contributed by atoms with E-state index in [4.69, 9.17) is 21.1 Å². The number of carbonyl (C=O) groups excluding carboxylic acids is 1. The lowest BCUT2D eigenvalue weighted by atomic mass is 10.2. The van der Waals surface area contributed by atoms with Gasteiger partial charge >= 0.3 is 0 Å². The molecular formula is C19H19ClN4O5S. The molecule has 1 aromatic heterocycles. The number of amides is 1. The van der Waals surface area contributed by atoms with Gasteiger partial charge < -0.3 is 9.47 Å². The minimum absolute atomic E-state index is 0.0248. The van der Waals surface area contributed by atoms with Gasteiger partial charge in [0.05, 0.1) is 30.4 Å². The van der Waals surface area contributed by atoms with Crippen LogP contribution in [0.2, 0.25) is 5.02 Å². The molecule has 0 saturated heterocycles. The topological polar surface area (TPSA) is 123 Å². The molecule has 0 unspecified atom stereocenters. The summed E-state index contributed by atoms with van der Waals surface area (Å²) in [6.07, 6.45) is -0.249. The predicted octanol–water partition coefficient (Wildman–Crippen LogP) is 2.94. The zero-order valence-electron chi connectivity index (χ0n) is 16.2. The van der Waals surface area contributed by atoms with E-state index in [0.717, 1.165) is 0 Å². The van der Waals surface area contributed by atoms with Crippen molar-refractivity contribution in [3.63, 3.8) is 0 Å². The standard InChI is InChI=1S/C19H19ClN4O5S/c1-28-13-5-8-15(16(11-13)29-2)18-22-19(24-23-18)21-17(25)9-10-30(26,27)14-6-3-12(20)4-7-14/h3-8,11H,9-10H2,1-2H3,(H2,21,22,23,24,25). The van der Waals surface area contributed by atoms with Gasteiger partial charge in [0.15, 0.2) is 15.7 Å². The lowest BCUT2D eigenvalue weighted by molar-refractivity contribution is -0.115. The molecular weight excluding hydrogens is 432 g/mol. The van der Waals surface area contributed by atoms with E-state index in [1.54, 1.807) is 25.3 Å². The van der Waals surface area contributed by atoms with Gasteiger partial charge in [-0.05, 0) is 36.4 Å². The Morgan fingerprint density at radius 1 is 1.13 bits per heavy atom. The molecule has 0 spiro atoms. The Kier molecular flexibility index (Phi) is 6.58. The molecule has 1 amide bonds. The van der Waals surface area contributed by atoms with Crippen molar-refractivity contribution in [3.05, 3.63) is 47.5 Å². The Bertz CT molecular complexity index is 1150. The van der Waals surface area contributed by atoms with Gasteiger partial charge in [-0.2, -0.15) is 4.98 Å². The summed E-state index contributed by atoms with van der Waals surface area (Å²) in [5.41, 5.74) is 0.622. The van der Waals surface area contributed by atoms with Crippen molar-refractivity contribution < 1.29 is 22.7 Å². The van der Waals surface area contributed by atoms with E-state index in [1.807, 2.05) is 0 Å². The second kappa shape index (κ2) is 9.14. The molecule has 0 saturated carbocycles. The second-order valence-corrected chi connectivity index (χ2v) is 8.69. The highest BCUT2D eigenvalue weighted by Crippen LogP contribution is 2.31. The quantitative estimate of drug-likeness (QED) is 0.540. The lowest BCUT2D eigenvalue weighted by Gasteiger charge is -2.07. The number of nitrogens with zero attached hydrogens (tertiary/aromatic N) is 2. The summed E-state index contributed by atoms with van der Waals surface area (Å²) in [5, 5.41) is 9.57. The Hall–Kier alpha value is -3.11. The summed E-state index contributed by atoms with van der Waals surface area (Å²) in [5.74, 6) is 0.641. The molecule has 30 heavy (non-hydrogen) atoms. The van der Waals surface area contributed by atoms with Crippen LogP contribution in [0.5, 0.6) is 11.5 Å². The third-order valence-corrected chi connectivity index (χ3v) is 6.16. The first-order valence-corrected chi connectivity index (χ1v) is 10.8. The maximum atomic E-state index is 12.3. The minimum Gasteiger partial charge on any atom is -0.497 e. The van der Waals surface area contributed by atoms with Crippen molar-refractivity contribution >= 4 is 33.3 Å². The molecule has 0 aliphatic rings. The number of aromatic nitrogens is 3. The number of hydrogen-bond donors (Lipinski definition) is 2. The highest BCUT2D eigenvalue weighted by molar-refractivity contribution is 7.91. The van der Waals surface area contributed by atoms with E-state index in [0.29, 0.717) is 27.9 Å². The van der Waals surface area contributed by atoms with E-state index >= 15 is 0 Å². The number of methoxy groups -OCH3 is 2. The molecule has 9 nitrogen and oxygen atoms in total. The van der Waals surface area contributed by atoms with Gasteiger partial charge in [0.2, 0.25) is 11.9 Å². The highest BCUT2D eigenvalue weighted by Gasteiger charge is 2.18. The van der Waals surface area contributed by atoms with Crippen LogP contribution in [0.4, 0.5) is 5.95 Å². The Morgan fingerprint density at radius 3 is 2.53 bits per heavy atom. The maximum absolute atomic E-state index is 12.3. The van der Waals surface area contributed by atoms with Crippen LogP contribution < -0.4 is 14.8 Å². The largest absolute Gasteiger partial charge is 0.497 e. The summed E-state index contributed by atoms with van der Waals surface area (Å²) in [4.78, 5) is 16.5. The zero-order valence-corrected chi connectivity index (χ0v) is 17.7. The van der Waals surface area contributed by atoms with Crippen LogP contribution in [0.25, 0.3) is 11.4 Å². The van der Waals surface area contributed by atoms with E-state index in [-0.39, 0.29) is 23.0 Å². The zero-order chi connectivity index (χ0) is 21.7. The monoisotopic (exact) mass is 450 g/mol. The van der Waals surface area contributed by atoms with Crippen molar-refractivity contribution in [3.8, 4) is 22.9 Å². The molecule has 0 aliphatic carbocycles. The van der Waals surface area contributed by atoms with Crippen LogP contribution in [0, 0.1) is 0 Å². The van der Waals surface area contributed by atoms with Gasteiger partial charge in [0.25, 0.3) is 0 Å². The Labute approximate surface area is 178 Å². The van der Waals surface area contributed by atoms with Gasteiger partial charge in [-0.15, -0.1) is 5.10 Å². The fourth-order valence-corrected chi connectivity index (χ4v) is 3.97. The number of ether oxygens (including phenoxy) is 2. The number of nitrogens with one attached hydrogen (secondary N) is 2. The lowest BCUT2D eigenvalue weighted by Crippen LogP contribution is -2.18. The first kappa shape index (κ1) is 21.6. The average molecular weight is 451 g/mol. The molecule has 0 aliphatic heterocycles. The molecule has 11 heteroatoms. The van der Waals surface area contributed by atoms with Gasteiger partial charge in [0.1, 0.15) is 11.5 Å². The number of aromatic amines is 1. The number of halogens is 1. The van der Waals surface area contributed by atoms with Crippen LogP contribution in [0.15, 0.2) is 47.4 Å². The normalized spacial score (nSPS) is 11.2. The molecule has 0 fully saturated rings. The minimum atomic E-state index is -3.61. The summed E-state index contributed by atoms with van der Waals surface area (Å²) in [6.45, 7) is 0. The second-order valence-electron chi connectivity index (χ2n) is 6.14. The maximum Gasteiger partial charge on any atom is 0.249 e. The third kappa shape index (κ3) is 5.08. The molecule has 0 radical (unpaired) electrons. The number of benzene rings is 2. The smallest absolute Gasteiger partial charge is 0.249 e. The van der Waals surface area contributed by atoms with Crippen LogP contribution in [-0.2, 0) is 14.6 Å². The van der Waals surface area contributed by atoms with Gasteiger partial charge in [0, 0.05) is 17.5 Å². The van der Waals surface area contributed by atoms with Crippen LogP contribution >= 0.6 is 11.6 Å². The summed E-state index contributed by atoms with van der Waals surface area (Å²) < 4.78 is 35.1. The van der Waals surface area contributed by atoms with E-state index in [1.165, 1.54) is 31.4 Å². The fraction of sp³-hybridized carbons (Fsp3) is 0.211. The van der Waals surface area contributed by atoms with Crippen LogP contribution in [-0.4, -0.2) is 49.5 Å². The molecule has 1 heterocycles. The molecule has 2 aromatic carbocycles. The SMILES string of the molecule is COc1ccc(-c2nc(NC(=O)CCS(=O)(=O)c3ccc(Cl)cc3)n[nH]2)c(OC)c1. The number of anilines is 1. The Morgan fingerprint density at radius 2 is 1.87 bits per heavy atom. The molecule has 3 rings (SSSR count). The number of hydrogen-bond acceptors (Lipinski definition) is 7. The van der Waals surface area contributed by atoms with Crippen molar-refractivity contribution in [2.75, 3.05) is 25.3 Å². The first-order valence-electron chi connectivity index (χ1n) is 8.75. The van der Waals surface area contributed by atoms with E-state index in [9.17, 15) is 13.2 Å². The van der Waals surface area contributed by atoms with Crippen LogP contribution in [0.3, 0.4) is 0 Å². The summed E-state index contributed by atoms with van der Waals surface area (Å²) >= 11 is 5.77.